The molecule has 1 amide bonds. The molecule has 0 bridgehead atoms. The predicted molar refractivity (Wildman–Crippen MR) is 164 cm³/mol. The number of aromatic amines is 2. The maximum absolute atomic E-state index is 13.6. The molecule has 1 fully saturated rings. The molecular formula is C26H30Cl3N9O. The number of halogens is 3. The summed E-state index contributed by atoms with van der Waals surface area (Å²) in [5, 5.41) is 14.3. The summed E-state index contributed by atoms with van der Waals surface area (Å²) in [4.78, 5) is 28.2. The number of nitrogens with two attached hydrogens (primary N) is 1. The van der Waals surface area contributed by atoms with Crippen molar-refractivity contribution in [3.63, 3.8) is 0 Å². The minimum absolute atomic E-state index is 0. The number of carbonyl (C=O) groups excluding carboxylic acids is 1. The predicted octanol–water partition coefficient (Wildman–Crippen LogP) is 5.33. The van der Waals surface area contributed by atoms with E-state index >= 15 is 0 Å². The van der Waals surface area contributed by atoms with Gasteiger partial charge in [-0.2, -0.15) is 5.10 Å². The number of fused-ring (bicyclic) bond motifs is 2. The van der Waals surface area contributed by atoms with Crippen molar-refractivity contribution in [1.82, 2.24) is 25.1 Å². The van der Waals surface area contributed by atoms with Gasteiger partial charge in [-0.05, 0) is 61.7 Å². The van der Waals surface area contributed by atoms with E-state index in [-0.39, 0.29) is 49.2 Å². The van der Waals surface area contributed by atoms with Crippen LogP contribution in [0.2, 0.25) is 0 Å². The molecule has 1 aliphatic rings. The van der Waals surface area contributed by atoms with Crippen LogP contribution in [0.1, 0.15) is 28.8 Å². The fourth-order valence-electron chi connectivity index (χ4n) is 4.63. The molecule has 0 unspecified atom stereocenters. The van der Waals surface area contributed by atoms with Gasteiger partial charge in [0.15, 0.2) is 0 Å². The van der Waals surface area contributed by atoms with Gasteiger partial charge in [-0.15, -0.1) is 37.2 Å². The molecule has 39 heavy (non-hydrogen) atoms. The molecule has 0 spiro atoms. The van der Waals surface area contributed by atoms with Gasteiger partial charge in [-0.1, -0.05) is 6.07 Å². The van der Waals surface area contributed by atoms with Crippen LogP contribution in [-0.2, 0) is 0 Å². The van der Waals surface area contributed by atoms with Crippen LogP contribution < -0.4 is 21.3 Å². The summed E-state index contributed by atoms with van der Waals surface area (Å²) in [5.41, 5.74) is 11.7. The largest absolute Gasteiger partial charge is 0.371 e. The Labute approximate surface area is 243 Å². The zero-order chi connectivity index (χ0) is 24.6. The van der Waals surface area contributed by atoms with Gasteiger partial charge in [0.05, 0.1) is 34.0 Å². The van der Waals surface area contributed by atoms with E-state index in [2.05, 4.69) is 35.7 Å². The molecule has 0 atom stereocenters. The molecule has 5 aromatic rings. The van der Waals surface area contributed by atoms with Gasteiger partial charge < -0.3 is 26.3 Å². The first-order valence-corrected chi connectivity index (χ1v) is 12.0. The molecule has 13 heteroatoms. The number of H-pyrrole nitrogens is 2. The molecule has 0 radical (unpaired) electrons. The van der Waals surface area contributed by atoms with E-state index < -0.39 is 0 Å². The van der Waals surface area contributed by atoms with Gasteiger partial charge in [-0.25, -0.2) is 9.97 Å². The van der Waals surface area contributed by atoms with Gasteiger partial charge in [0.2, 0.25) is 5.95 Å². The molecule has 0 saturated carbocycles. The third kappa shape index (κ3) is 6.20. The minimum atomic E-state index is -0.190. The standard InChI is InChI=1S/C26H27N9O.3ClH/c1-15-3-2-8-28-24(15)33-26-31-21-12-19(23(13-22(21)32-26)35-9-6-17(27)7-10-35)25(36)30-18-5-4-16-14-29-34-20(16)11-18;;;/h2-5,8,11-14,17H,6-7,9-10,27H2,1H3,(H,29,34)(H,30,36)(H2,28,31,32,33);3*1H. The van der Waals surface area contributed by atoms with Crippen molar-refractivity contribution in [2.45, 2.75) is 25.8 Å². The van der Waals surface area contributed by atoms with Crippen LogP contribution in [0.25, 0.3) is 21.9 Å². The third-order valence-electron chi connectivity index (χ3n) is 6.67. The van der Waals surface area contributed by atoms with Crippen molar-refractivity contribution >= 4 is 88.2 Å². The highest BCUT2D eigenvalue weighted by molar-refractivity contribution is 6.11. The summed E-state index contributed by atoms with van der Waals surface area (Å²) >= 11 is 0. The monoisotopic (exact) mass is 589 g/mol. The Bertz CT molecular complexity index is 1580. The van der Waals surface area contributed by atoms with Gasteiger partial charge >= 0.3 is 0 Å². The molecule has 10 nitrogen and oxygen atoms in total. The Kier molecular flexibility index (Phi) is 9.63. The topological polar surface area (TPSA) is 141 Å². The van der Waals surface area contributed by atoms with E-state index in [9.17, 15) is 4.79 Å². The molecule has 6 rings (SSSR count). The smallest absolute Gasteiger partial charge is 0.257 e. The number of rotatable bonds is 5. The Morgan fingerprint density at radius 3 is 2.64 bits per heavy atom. The van der Waals surface area contributed by atoms with Crippen molar-refractivity contribution in [2.24, 2.45) is 5.73 Å². The molecule has 3 aromatic heterocycles. The second-order valence-electron chi connectivity index (χ2n) is 9.22. The number of aryl methyl sites for hydroxylation is 1. The lowest BCUT2D eigenvalue weighted by molar-refractivity contribution is 0.102. The maximum Gasteiger partial charge on any atom is 0.257 e. The highest BCUT2D eigenvalue weighted by Crippen LogP contribution is 2.31. The van der Waals surface area contributed by atoms with E-state index in [0.29, 0.717) is 17.2 Å². The number of carbonyl (C=O) groups is 1. The first kappa shape index (κ1) is 30.0. The number of nitrogens with one attached hydrogen (secondary N) is 4. The van der Waals surface area contributed by atoms with Crippen LogP contribution in [0.5, 0.6) is 0 Å². The van der Waals surface area contributed by atoms with Crippen molar-refractivity contribution in [1.29, 1.82) is 0 Å². The van der Waals surface area contributed by atoms with E-state index in [1.807, 2.05) is 49.4 Å². The highest BCUT2D eigenvalue weighted by atomic mass is 35.5. The summed E-state index contributed by atoms with van der Waals surface area (Å²) in [7, 11) is 0. The first-order valence-electron chi connectivity index (χ1n) is 12.0. The van der Waals surface area contributed by atoms with E-state index in [1.54, 1.807) is 12.4 Å². The number of aromatic nitrogens is 5. The summed E-state index contributed by atoms with van der Waals surface area (Å²) < 4.78 is 0. The summed E-state index contributed by atoms with van der Waals surface area (Å²) in [6.45, 7) is 3.56. The number of pyridine rings is 1. The van der Waals surface area contributed by atoms with E-state index in [4.69, 9.17) is 10.7 Å². The molecule has 2 aromatic carbocycles. The van der Waals surface area contributed by atoms with Crippen molar-refractivity contribution in [2.75, 3.05) is 28.6 Å². The molecule has 1 aliphatic heterocycles. The normalized spacial score (nSPS) is 13.3. The van der Waals surface area contributed by atoms with Crippen LogP contribution in [-0.4, -0.2) is 50.2 Å². The SMILES string of the molecule is Cc1cccnc1Nc1nc2cc(N3CCC(N)CC3)c(C(=O)Nc3ccc4cn[nH]c4c3)cc2[nH]1.Cl.Cl.Cl. The van der Waals surface area contributed by atoms with Crippen LogP contribution in [0.4, 0.5) is 23.1 Å². The number of hydrogen-bond donors (Lipinski definition) is 5. The van der Waals surface area contributed by atoms with Gasteiger partial charge in [0.1, 0.15) is 5.82 Å². The number of benzene rings is 2. The molecule has 206 valence electrons. The highest BCUT2D eigenvalue weighted by Gasteiger charge is 2.23. The van der Waals surface area contributed by atoms with Crippen LogP contribution >= 0.6 is 37.2 Å². The minimum Gasteiger partial charge on any atom is -0.371 e. The number of nitrogens with zero attached hydrogens (tertiary/aromatic N) is 4. The fourth-order valence-corrected chi connectivity index (χ4v) is 4.63. The Morgan fingerprint density at radius 2 is 1.87 bits per heavy atom. The number of amides is 1. The quantitative estimate of drug-likeness (QED) is 0.186. The van der Waals surface area contributed by atoms with Crippen molar-refractivity contribution in [3.8, 4) is 0 Å². The Hall–Kier alpha value is -3.57. The molecule has 4 heterocycles. The van der Waals surface area contributed by atoms with Crippen molar-refractivity contribution in [3.05, 3.63) is 66.0 Å². The molecule has 0 aliphatic carbocycles. The summed E-state index contributed by atoms with van der Waals surface area (Å²) in [6, 6.07) is 13.6. The van der Waals surface area contributed by atoms with Gasteiger partial charge in [0.25, 0.3) is 5.91 Å². The lowest BCUT2D eigenvalue weighted by Crippen LogP contribution is -2.40. The summed E-state index contributed by atoms with van der Waals surface area (Å²) in [6.07, 6.45) is 5.24. The average Bonchev–Trinajstić information content (AvgIpc) is 3.51. The number of hydrogen-bond acceptors (Lipinski definition) is 7. The Morgan fingerprint density at radius 1 is 1.08 bits per heavy atom. The lowest BCUT2D eigenvalue weighted by Gasteiger charge is -2.33. The number of piperidine rings is 1. The van der Waals surface area contributed by atoms with E-state index in [0.717, 1.165) is 64.9 Å². The maximum atomic E-state index is 13.6. The molecular weight excluding hydrogens is 561 g/mol. The van der Waals surface area contributed by atoms with Crippen molar-refractivity contribution < 1.29 is 4.79 Å². The molecule has 1 saturated heterocycles. The van der Waals surface area contributed by atoms with Crippen LogP contribution in [0.15, 0.2) is 54.9 Å². The number of anilines is 4. The zero-order valence-corrected chi connectivity index (χ0v) is 23.6. The van der Waals surface area contributed by atoms with Crippen LogP contribution in [0.3, 0.4) is 0 Å². The lowest BCUT2D eigenvalue weighted by atomic mass is 10.0. The third-order valence-corrected chi connectivity index (χ3v) is 6.67. The second kappa shape index (κ2) is 12.5. The average molecular weight is 591 g/mol. The molecule has 6 N–H and O–H groups in total. The summed E-state index contributed by atoms with van der Waals surface area (Å²) in [5.74, 6) is 1.11. The number of imidazole rings is 1. The second-order valence-corrected chi connectivity index (χ2v) is 9.22. The fraction of sp³-hybridized carbons (Fsp3) is 0.231. The van der Waals surface area contributed by atoms with Crippen LogP contribution in [0, 0.1) is 6.92 Å². The zero-order valence-electron chi connectivity index (χ0n) is 21.1. The van der Waals surface area contributed by atoms with Gasteiger partial charge in [-0.3, -0.25) is 9.89 Å². The Balaban J connectivity index is 0.00000140. The van der Waals surface area contributed by atoms with E-state index in [1.165, 1.54) is 0 Å². The van der Waals surface area contributed by atoms with Gasteiger partial charge in [0, 0.05) is 36.4 Å². The first-order chi connectivity index (χ1) is 17.5.